The van der Waals surface area contributed by atoms with Gasteiger partial charge in [0.1, 0.15) is 5.82 Å². The van der Waals surface area contributed by atoms with E-state index in [-0.39, 0.29) is 17.6 Å². The van der Waals surface area contributed by atoms with Gasteiger partial charge in [-0.25, -0.2) is 27.1 Å². The number of benzene rings is 1. The number of aliphatic carboxylic acids is 1. The fourth-order valence-electron chi connectivity index (χ4n) is 3.47. The zero-order valence-electron chi connectivity index (χ0n) is 21.3. The van der Waals surface area contributed by atoms with Crippen LogP contribution in [0, 0.1) is 5.82 Å². The molecule has 37 heavy (non-hydrogen) atoms. The molecule has 0 bridgehead atoms. The van der Waals surface area contributed by atoms with E-state index < -0.39 is 57.9 Å². The zero-order chi connectivity index (χ0) is 28.1. The van der Waals surface area contributed by atoms with E-state index in [1.54, 1.807) is 0 Å². The van der Waals surface area contributed by atoms with E-state index in [4.69, 9.17) is 5.11 Å². The molecule has 1 heterocycles. The molecule has 1 atom stereocenters. The van der Waals surface area contributed by atoms with Crippen LogP contribution in [0.4, 0.5) is 10.3 Å². The van der Waals surface area contributed by atoms with Crippen molar-refractivity contribution in [1.82, 2.24) is 9.97 Å². The van der Waals surface area contributed by atoms with Crippen molar-refractivity contribution in [2.45, 2.75) is 58.2 Å². The fourth-order valence-corrected chi connectivity index (χ4v) is 4.88. The summed E-state index contributed by atoms with van der Waals surface area (Å²) in [6.45, 7) is 6.34. The molecular weight excluding hydrogens is 505 g/mol. The number of anilines is 1. The molecule has 2 rings (SSSR count). The molecule has 0 aliphatic rings. The molecule has 0 saturated carbocycles. The maximum atomic E-state index is 13.6. The molecule has 0 fully saturated rings. The van der Waals surface area contributed by atoms with Crippen molar-refractivity contribution >= 4 is 33.8 Å². The number of carbonyl (C=O) groups excluding carboxylic acids is 1. The lowest BCUT2D eigenvalue weighted by molar-refractivity contribution is -0.139. The van der Waals surface area contributed by atoms with Crippen molar-refractivity contribution in [2.24, 2.45) is 0 Å². The highest BCUT2D eigenvalue weighted by atomic mass is 32.2. The average molecular weight is 538 g/mol. The predicted molar refractivity (Wildman–Crippen MR) is 137 cm³/mol. The number of carboxylic acid groups (broad SMARTS) is 1. The van der Waals surface area contributed by atoms with Gasteiger partial charge >= 0.3 is 5.97 Å². The van der Waals surface area contributed by atoms with Gasteiger partial charge in [-0.1, -0.05) is 13.8 Å². The lowest BCUT2D eigenvalue weighted by atomic mass is 9.97. The van der Waals surface area contributed by atoms with Crippen LogP contribution in [-0.2, 0) is 19.6 Å². The number of hydrogen-bond acceptors (Lipinski definition) is 8. The van der Waals surface area contributed by atoms with E-state index in [0.717, 1.165) is 10.4 Å². The highest BCUT2D eigenvalue weighted by Gasteiger charge is 2.30. The Morgan fingerprint density at radius 3 is 2.24 bits per heavy atom. The molecule has 0 amide bonds. The Kier molecular flexibility index (Phi) is 9.64. The quantitative estimate of drug-likeness (QED) is 0.346. The lowest BCUT2D eigenvalue weighted by Crippen LogP contribution is -2.39. The molecule has 202 valence electrons. The SMILES string of the molecule is CC(C)c1nc(N(C)S(=O)(=O)CC(C)(C)O)nc(-c2ccc(F)cc2)c1/C=C/C(=O)C[C@@H](O)CC(=O)O. The number of carboxylic acids is 1. The van der Waals surface area contributed by atoms with Crippen LogP contribution in [0.1, 0.15) is 57.7 Å². The van der Waals surface area contributed by atoms with E-state index in [1.165, 1.54) is 51.2 Å². The Bertz CT molecular complexity index is 1270. The standard InChI is InChI=1S/C25H32FN3O7S/c1-15(2)22-20(11-10-18(30)12-19(31)13-21(32)33)23(16-6-8-17(26)9-7-16)28-24(27-22)29(5)37(35,36)14-25(3,4)34/h6-11,15,19,31,34H,12-14H2,1-5H3,(H,32,33)/b11-10+/t19-/m1/s1. The lowest BCUT2D eigenvalue weighted by Gasteiger charge is -2.25. The summed E-state index contributed by atoms with van der Waals surface area (Å²) in [4.78, 5) is 32.0. The first-order valence-corrected chi connectivity index (χ1v) is 13.1. The summed E-state index contributed by atoms with van der Waals surface area (Å²) in [7, 11) is -2.77. The van der Waals surface area contributed by atoms with Crippen molar-refractivity contribution < 1.29 is 37.7 Å². The summed E-state index contributed by atoms with van der Waals surface area (Å²) >= 11 is 0. The number of sulfonamides is 1. The third-order valence-corrected chi connectivity index (χ3v) is 7.21. The Balaban J connectivity index is 2.65. The number of halogens is 1. The summed E-state index contributed by atoms with van der Waals surface area (Å²) in [5.74, 6) is -3.30. The fraction of sp³-hybridized carbons (Fsp3) is 0.440. The molecule has 1 aromatic heterocycles. The van der Waals surface area contributed by atoms with Crippen LogP contribution in [0.5, 0.6) is 0 Å². The third kappa shape index (κ3) is 8.69. The van der Waals surface area contributed by atoms with Crippen LogP contribution >= 0.6 is 0 Å². The Morgan fingerprint density at radius 1 is 1.14 bits per heavy atom. The van der Waals surface area contributed by atoms with E-state index in [2.05, 4.69) is 9.97 Å². The number of carbonyl (C=O) groups is 2. The second kappa shape index (κ2) is 11.9. The van der Waals surface area contributed by atoms with Crippen molar-refractivity contribution in [3.63, 3.8) is 0 Å². The highest BCUT2D eigenvalue weighted by molar-refractivity contribution is 7.92. The number of aromatic nitrogens is 2. The van der Waals surface area contributed by atoms with Crippen molar-refractivity contribution in [3.8, 4) is 11.3 Å². The molecule has 2 aromatic rings. The van der Waals surface area contributed by atoms with Crippen LogP contribution in [-0.4, -0.2) is 70.0 Å². The van der Waals surface area contributed by atoms with Gasteiger partial charge in [0.15, 0.2) is 5.78 Å². The van der Waals surface area contributed by atoms with Gasteiger partial charge in [-0.3, -0.25) is 9.59 Å². The van der Waals surface area contributed by atoms with E-state index in [1.807, 2.05) is 13.8 Å². The van der Waals surface area contributed by atoms with Gasteiger partial charge in [0.05, 0.1) is 35.3 Å². The minimum Gasteiger partial charge on any atom is -0.481 e. The first-order chi connectivity index (χ1) is 17.0. The number of hydrogen-bond donors (Lipinski definition) is 3. The Morgan fingerprint density at radius 2 is 1.73 bits per heavy atom. The summed E-state index contributed by atoms with van der Waals surface area (Å²) < 4.78 is 40.3. The van der Waals surface area contributed by atoms with E-state index in [0.29, 0.717) is 16.8 Å². The van der Waals surface area contributed by atoms with Crippen LogP contribution < -0.4 is 4.31 Å². The molecule has 0 radical (unpaired) electrons. The van der Waals surface area contributed by atoms with Gasteiger partial charge in [-0.2, -0.15) is 0 Å². The maximum Gasteiger partial charge on any atom is 0.305 e. The van der Waals surface area contributed by atoms with Crippen LogP contribution in [0.25, 0.3) is 17.3 Å². The molecule has 0 aliphatic carbocycles. The maximum absolute atomic E-state index is 13.6. The van der Waals surface area contributed by atoms with E-state index in [9.17, 15) is 32.6 Å². The topological polar surface area (TPSA) is 158 Å². The van der Waals surface area contributed by atoms with Gasteiger partial charge in [-0.15, -0.1) is 0 Å². The van der Waals surface area contributed by atoms with Crippen molar-refractivity contribution in [1.29, 1.82) is 0 Å². The number of aliphatic hydroxyl groups excluding tert-OH is 1. The predicted octanol–water partition coefficient (Wildman–Crippen LogP) is 2.75. The number of rotatable bonds is 12. The largest absolute Gasteiger partial charge is 0.481 e. The molecule has 10 nitrogen and oxygen atoms in total. The highest BCUT2D eigenvalue weighted by Crippen LogP contribution is 2.32. The number of aliphatic hydroxyl groups is 2. The summed E-state index contributed by atoms with van der Waals surface area (Å²) in [6, 6.07) is 5.32. The number of allylic oxidation sites excluding steroid dienone is 1. The second-order valence-corrected chi connectivity index (χ2v) is 11.6. The van der Waals surface area contributed by atoms with Gasteiger partial charge < -0.3 is 15.3 Å². The summed E-state index contributed by atoms with van der Waals surface area (Å²) in [5.41, 5.74) is -0.0842. The minimum absolute atomic E-state index is 0.173. The van der Waals surface area contributed by atoms with Gasteiger partial charge in [0.25, 0.3) is 0 Å². The monoisotopic (exact) mass is 537 g/mol. The van der Waals surface area contributed by atoms with Gasteiger partial charge in [0.2, 0.25) is 16.0 Å². The van der Waals surface area contributed by atoms with Crippen LogP contribution in [0.2, 0.25) is 0 Å². The van der Waals surface area contributed by atoms with Gasteiger partial charge in [0, 0.05) is 24.6 Å². The second-order valence-electron chi connectivity index (χ2n) is 9.62. The molecule has 0 saturated heterocycles. The molecule has 0 spiro atoms. The van der Waals surface area contributed by atoms with Crippen LogP contribution in [0.15, 0.2) is 30.3 Å². The van der Waals surface area contributed by atoms with Crippen molar-refractivity contribution in [3.05, 3.63) is 47.4 Å². The first-order valence-electron chi connectivity index (χ1n) is 11.5. The summed E-state index contributed by atoms with van der Waals surface area (Å²) in [5, 5.41) is 28.6. The molecule has 3 N–H and O–H groups in total. The first kappa shape index (κ1) is 30.0. The smallest absolute Gasteiger partial charge is 0.305 e. The number of nitrogens with zero attached hydrogens (tertiary/aromatic N) is 3. The normalized spacial score (nSPS) is 13.2. The zero-order valence-corrected chi connectivity index (χ0v) is 22.2. The minimum atomic E-state index is -4.03. The molecule has 0 unspecified atom stereocenters. The van der Waals surface area contributed by atoms with Gasteiger partial charge in [-0.05, 0) is 56.2 Å². The summed E-state index contributed by atoms with van der Waals surface area (Å²) in [6.07, 6.45) is 0.225. The third-order valence-electron chi connectivity index (χ3n) is 5.15. The number of ketones is 1. The van der Waals surface area contributed by atoms with Crippen LogP contribution in [0.3, 0.4) is 0 Å². The Hall–Kier alpha value is -3.22. The molecule has 12 heteroatoms. The van der Waals surface area contributed by atoms with Crippen molar-refractivity contribution in [2.75, 3.05) is 17.1 Å². The Labute approximate surface area is 215 Å². The molecule has 1 aromatic carbocycles. The average Bonchev–Trinajstić information content (AvgIpc) is 2.74. The van der Waals surface area contributed by atoms with E-state index >= 15 is 0 Å². The molecular formula is C25H32FN3O7S. The molecule has 0 aliphatic heterocycles.